The normalized spacial score (nSPS) is 20.1. The molecule has 1 aliphatic heterocycles. The highest BCUT2D eigenvalue weighted by Crippen LogP contribution is 2.09. The molecule has 1 aliphatic rings. The third-order valence-electron chi connectivity index (χ3n) is 3.96. The van der Waals surface area contributed by atoms with Crippen molar-refractivity contribution in [2.45, 2.75) is 65.6 Å². The van der Waals surface area contributed by atoms with E-state index in [9.17, 15) is 5.11 Å². The fourth-order valence-electron chi connectivity index (χ4n) is 2.91. The van der Waals surface area contributed by atoms with E-state index in [1.807, 2.05) is 0 Å². The summed E-state index contributed by atoms with van der Waals surface area (Å²) in [6.45, 7) is 15.5. The molecule has 0 aliphatic carbocycles. The van der Waals surface area contributed by atoms with Crippen LogP contribution >= 0.6 is 0 Å². The second-order valence-corrected chi connectivity index (χ2v) is 6.40. The molecule has 124 valence electrons. The number of aliphatic hydroxyl groups is 1. The molecule has 0 spiro atoms. The van der Waals surface area contributed by atoms with Gasteiger partial charge in [-0.25, -0.2) is 0 Å². The van der Waals surface area contributed by atoms with E-state index >= 15 is 0 Å². The van der Waals surface area contributed by atoms with E-state index < -0.39 is 0 Å². The van der Waals surface area contributed by atoms with E-state index in [0.29, 0.717) is 18.6 Å². The highest BCUT2D eigenvalue weighted by molar-refractivity contribution is 5.80. The lowest BCUT2D eigenvalue weighted by Crippen LogP contribution is -2.41. The van der Waals surface area contributed by atoms with Crippen LogP contribution in [0, 0.1) is 0 Å². The summed E-state index contributed by atoms with van der Waals surface area (Å²) in [6.07, 6.45) is 1.71. The van der Waals surface area contributed by atoms with E-state index in [0.717, 1.165) is 45.0 Å². The molecule has 0 aromatic heterocycles. The van der Waals surface area contributed by atoms with Crippen molar-refractivity contribution in [3.05, 3.63) is 0 Å². The molecule has 2 N–H and O–H groups in total. The lowest BCUT2D eigenvalue weighted by Gasteiger charge is -2.30. The molecular formula is C16H34N4O. The number of aliphatic imine (C=N–C) groups is 1. The summed E-state index contributed by atoms with van der Waals surface area (Å²) >= 11 is 0. The van der Waals surface area contributed by atoms with Crippen molar-refractivity contribution in [1.29, 1.82) is 0 Å². The van der Waals surface area contributed by atoms with Crippen LogP contribution in [0.4, 0.5) is 0 Å². The lowest BCUT2D eigenvalue weighted by atomic mass is 10.2. The van der Waals surface area contributed by atoms with Gasteiger partial charge in [-0.2, -0.15) is 0 Å². The fourth-order valence-corrected chi connectivity index (χ4v) is 2.91. The van der Waals surface area contributed by atoms with Crippen LogP contribution in [0.5, 0.6) is 0 Å². The van der Waals surface area contributed by atoms with E-state index in [1.165, 1.54) is 0 Å². The average molecular weight is 298 g/mol. The van der Waals surface area contributed by atoms with Crippen LogP contribution < -0.4 is 5.32 Å². The molecule has 0 radical (unpaired) electrons. The van der Waals surface area contributed by atoms with Crippen LogP contribution in [0.1, 0.15) is 47.5 Å². The van der Waals surface area contributed by atoms with Gasteiger partial charge in [-0.05, 0) is 47.5 Å². The van der Waals surface area contributed by atoms with Gasteiger partial charge in [0.2, 0.25) is 0 Å². The zero-order chi connectivity index (χ0) is 15.8. The van der Waals surface area contributed by atoms with Crippen LogP contribution in [0.2, 0.25) is 0 Å². The molecule has 21 heavy (non-hydrogen) atoms. The van der Waals surface area contributed by atoms with Gasteiger partial charge in [-0.3, -0.25) is 9.89 Å². The van der Waals surface area contributed by atoms with Crippen molar-refractivity contribution >= 4 is 5.96 Å². The number of β-amino-alcohol motifs (C(OH)–C–C–N with tert-alkyl or cyclic N) is 1. The smallest absolute Gasteiger partial charge is 0.194 e. The van der Waals surface area contributed by atoms with Crippen molar-refractivity contribution in [3.8, 4) is 0 Å². The zero-order valence-electron chi connectivity index (χ0n) is 14.5. The summed E-state index contributed by atoms with van der Waals surface area (Å²) < 4.78 is 0. The number of nitrogens with one attached hydrogen (secondary N) is 1. The minimum absolute atomic E-state index is 0.203. The third-order valence-corrected chi connectivity index (χ3v) is 3.96. The molecule has 0 aromatic carbocycles. The van der Waals surface area contributed by atoms with Gasteiger partial charge in [0.1, 0.15) is 0 Å². The zero-order valence-corrected chi connectivity index (χ0v) is 14.5. The minimum Gasteiger partial charge on any atom is -0.391 e. The topological polar surface area (TPSA) is 51.1 Å². The molecule has 5 nitrogen and oxygen atoms in total. The predicted molar refractivity (Wildman–Crippen MR) is 89.8 cm³/mol. The monoisotopic (exact) mass is 298 g/mol. The second-order valence-electron chi connectivity index (χ2n) is 6.40. The van der Waals surface area contributed by atoms with Gasteiger partial charge in [0.05, 0.1) is 6.10 Å². The van der Waals surface area contributed by atoms with Crippen LogP contribution in [0.3, 0.4) is 0 Å². The highest BCUT2D eigenvalue weighted by atomic mass is 16.3. The maximum Gasteiger partial charge on any atom is 0.194 e. The maximum absolute atomic E-state index is 9.65. The number of hydrogen-bond acceptors (Lipinski definition) is 3. The summed E-state index contributed by atoms with van der Waals surface area (Å²) in [5, 5.41) is 13.0. The summed E-state index contributed by atoms with van der Waals surface area (Å²) in [4.78, 5) is 9.38. The number of rotatable bonds is 7. The summed E-state index contributed by atoms with van der Waals surface area (Å²) in [6, 6.07) is 1.16. The van der Waals surface area contributed by atoms with Gasteiger partial charge in [-0.15, -0.1) is 0 Å². The van der Waals surface area contributed by atoms with E-state index in [4.69, 9.17) is 4.99 Å². The first-order valence-corrected chi connectivity index (χ1v) is 8.42. The molecule has 1 rings (SSSR count). The summed E-state index contributed by atoms with van der Waals surface area (Å²) in [5.41, 5.74) is 0. The van der Waals surface area contributed by atoms with Crippen molar-refractivity contribution in [2.75, 3.05) is 32.7 Å². The Kier molecular flexibility index (Phi) is 8.04. The van der Waals surface area contributed by atoms with E-state index in [2.05, 4.69) is 49.7 Å². The van der Waals surface area contributed by atoms with Crippen LogP contribution in [0.15, 0.2) is 4.99 Å². The molecule has 1 heterocycles. The molecule has 1 atom stereocenters. The molecule has 0 bridgehead atoms. The SMILES string of the molecule is CCNC(=NCCCN(C(C)C)C(C)C)N1CC[C@@H](O)C1. The molecule has 1 saturated heterocycles. The average Bonchev–Trinajstić information content (AvgIpc) is 2.82. The van der Waals surface area contributed by atoms with Crippen LogP contribution in [-0.4, -0.2) is 71.8 Å². The van der Waals surface area contributed by atoms with Crippen molar-refractivity contribution in [2.24, 2.45) is 4.99 Å². The quantitative estimate of drug-likeness (QED) is 0.425. The molecule has 5 heteroatoms. The largest absolute Gasteiger partial charge is 0.391 e. The lowest BCUT2D eigenvalue weighted by molar-refractivity contribution is 0.174. The Bertz CT molecular complexity index is 309. The highest BCUT2D eigenvalue weighted by Gasteiger charge is 2.22. The Morgan fingerprint density at radius 3 is 2.48 bits per heavy atom. The van der Waals surface area contributed by atoms with Gasteiger partial charge in [0.25, 0.3) is 0 Å². The summed E-state index contributed by atoms with van der Waals surface area (Å²) in [5.74, 6) is 0.953. The molecule has 0 aromatic rings. The minimum atomic E-state index is -0.203. The van der Waals surface area contributed by atoms with E-state index in [-0.39, 0.29) is 6.10 Å². The van der Waals surface area contributed by atoms with E-state index in [1.54, 1.807) is 0 Å². The Labute approximate surface area is 130 Å². The first kappa shape index (κ1) is 18.2. The Balaban J connectivity index is 2.44. The summed E-state index contributed by atoms with van der Waals surface area (Å²) in [7, 11) is 0. The fraction of sp³-hybridized carbons (Fsp3) is 0.938. The van der Waals surface area contributed by atoms with Gasteiger partial charge in [0, 0.05) is 44.8 Å². The first-order chi connectivity index (χ1) is 9.95. The Morgan fingerprint density at radius 1 is 1.33 bits per heavy atom. The van der Waals surface area contributed by atoms with Crippen molar-refractivity contribution in [1.82, 2.24) is 15.1 Å². The molecular weight excluding hydrogens is 264 g/mol. The molecule has 0 amide bonds. The van der Waals surface area contributed by atoms with Gasteiger partial charge in [-0.1, -0.05) is 0 Å². The van der Waals surface area contributed by atoms with Crippen molar-refractivity contribution < 1.29 is 5.11 Å². The third kappa shape index (κ3) is 6.22. The Hall–Kier alpha value is -0.810. The maximum atomic E-state index is 9.65. The number of guanidine groups is 1. The molecule has 0 saturated carbocycles. The first-order valence-electron chi connectivity index (χ1n) is 8.42. The van der Waals surface area contributed by atoms with Gasteiger partial charge < -0.3 is 15.3 Å². The van der Waals surface area contributed by atoms with Crippen LogP contribution in [0.25, 0.3) is 0 Å². The number of aliphatic hydroxyl groups excluding tert-OH is 1. The molecule has 1 fully saturated rings. The van der Waals surface area contributed by atoms with Gasteiger partial charge >= 0.3 is 0 Å². The van der Waals surface area contributed by atoms with Gasteiger partial charge in [0.15, 0.2) is 5.96 Å². The molecule has 0 unspecified atom stereocenters. The van der Waals surface area contributed by atoms with Crippen molar-refractivity contribution in [3.63, 3.8) is 0 Å². The van der Waals surface area contributed by atoms with Crippen LogP contribution in [-0.2, 0) is 0 Å². The number of nitrogens with zero attached hydrogens (tertiary/aromatic N) is 3. The second kappa shape index (κ2) is 9.26. The predicted octanol–water partition coefficient (Wildman–Crippen LogP) is 1.53. The number of hydrogen-bond donors (Lipinski definition) is 2. The Morgan fingerprint density at radius 2 is 2.00 bits per heavy atom. The number of likely N-dealkylation sites (tertiary alicyclic amines) is 1. The standard InChI is InChI=1S/C16H34N4O/c1-6-17-16(19-11-8-15(21)12-19)18-9-7-10-20(13(2)3)14(4)5/h13-15,21H,6-12H2,1-5H3,(H,17,18)/t15-/m1/s1.